The number of aliphatic hydroxyl groups excluding tert-OH is 1. The van der Waals surface area contributed by atoms with Gasteiger partial charge in [-0.2, -0.15) is 5.96 Å². The number of hydrogen-bond acceptors (Lipinski definition) is 5. The van der Waals surface area contributed by atoms with Crippen LogP contribution in [-0.4, -0.2) is 44.4 Å². The van der Waals surface area contributed by atoms with Crippen LogP contribution in [0, 0.1) is 0 Å². The van der Waals surface area contributed by atoms with E-state index in [-0.39, 0.29) is 16.7 Å². The molecule has 0 aliphatic rings. The van der Waals surface area contributed by atoms with Crippen LogP contribution in [0.1, 0.15) is 102 Å². The molecule has 37 heavy (non-hydrogen) atoms. The smallest absolute Gasteiger partial charge is 0.322 e. The van der Waals surface area contributed by atoms with Crippen molar-refractivity contribution in [3.63, 3.8) is 0 Å². The Morgan fingerprint density at radius 2 is 1.46 bits per heavy atom. The summed E-state index contributed by atoms with van der Waals surface area (Å²) in [6, 6.07) is 5.98. The number of nitrogens with two attached hydrogens (primary N) is 1. The first-order valence-electron chi connectivity index (χ1n) is 12.7. The number of benzene rings is 1. The second-order valence-corrected chi connectivity index (χ2v) is 8.95. The summed E-state index contributed by atoms with van der Waals surface area (Å²) in [5.41, 5.74) is 0.0918. The predicted octanol–water partition coefficient (Wildman–Crippen LogP) is 6.50. The van der Waals surface area contributed by atoms with E-state index in [2.05, 4.69) is 25.0 Å². The van der Waals surface area contributed by atoms with Crippen LogP contribution in [0.5, 0.6) is 0 Å². The molecule has 0 amide bonds. The molecule has 0 saturated carbocycles. The molecule has 1 aromatic carbocycles. The van der Waals surface area contributed by atoms with Gasteiger partial charge in [-0.3, -0.25) is 14.4 Å². The summed E-state index contributed by atoms with van der Waals surface area (Å²) in [5.74, 6) is -2.15. The Kier molecular flexibility index (Phi) is 24.9. The molecule has 0 radical (unpaired) electrons. The minimum atomic E-state index is -1.61. The Morgan fingerprint density at radius 1 is 0.892 bits per heavy atom. The fourth-order valence-electron chi connectivity index (χ4n) is 3.45. The van der Waals surface area contributed by atoms with Crippen LogP contribution >= 0.6 is 11.6 Å². The molecule has 0 heterocycles. The topological polar surface area (TPSA) is 158 Å². The Bertz CT molecular complexity index is 763. The van der Waals surface area contributed by atoms with Crippen molar-refractivity contribution in [2.24, 2.45) is 5.96 Å². The number of carboxylic acids is 3. The van der Waals surface area contributed by atoms with E-state index in [0.717, 1.165) is 51.4 Å². The van der Waals surface area contributed by atoms with Gasteiger partial charge < -0.3 is 20.4 Å². The molecule has 0 bridgehead atoms. The zero-order valence-electron chi connectivity index (χ0n) is 21.7. The van der Waals surface area contributed by atoms with Crippen LogP contribution < -0.4 is 5.96 Å². The van der Waals surface area contributed by atoms with E-state index in [9.17, 15) is 19.5 Å². The molecule has 0 aliphatic heterocycles. The molecule has 10 heteroatoms. The van der Waals surface area contributed by atoms with E-state index in [1.54, 1.807) is 12.1 Å². The number of halogens is 2. The average Bonchev–Trinajstić information content (AvgIpc) is 2.85. The van der Waals surface area contributed by atoms with Crippen molar-refractivity contribution in [1.29, 1.82) is 0 Å². The highest BCUT2D eigenvalue weighted by Crippen LogP contribution is 2.24. The Labute approximate surface area is 224 Å². The van der Waals surface area contributed by atoms with Gasteiger partial charge in [0.1, 0.15) is 0 Å². The van der Waals surface area contributed by atoms with E-state index in [0.29, 0.717) is 6.42 Å². The van der Waals surface area contributed by atoms with Crippen molar-refractivity contribution in [3.8, 4) is 0 Å². The van der Waals surface area contributed by atoms with Crippen LogP contribution in [0.4, 0.5) is 4.48 Å². The summed E-state index contributed by atoms with van der Waals surface area (Å²) >= 11 is 5.68. The lowest BCUT2D eigenvalue weighted by atomic mass is 10.00. The van der Waals surface area contributed by atoms with Gasteiger partial charge in [-0.25, -0.2) is 0 Å². The van der Waals surface area contributed by atoms with E-state index >= 15 is 0 Å². The number of carboxylic acid groups (broad SMARTS) is 3. The molecule has 212 valence electrons. The molecule has 1 rings (SSSR count). The summed E-state index contributed by atoms with van der Waals surface area (Å²) in [7, 11) is 0. The number of aliphatic carboxylic acids is 3. The summed E-state index contributed by atoms with van der Waals surface area (Å²) < 4.78 is 9.00. The highest BCUT2D eigenvalue weighted by molar-refractivity contribution is 6.32. The molecule has 0 saturated heterocycles. The minimum Gasteiger partial charge on any atom is -0.481 e. The number of carbonyl (C=O) groups is 3. The van der Waals surface area contributed by atoms with Crippen LogP contribution in [-0.2, 0) is 14.4 Å². The van der Waals surface area contributed by atoms with E-state index in [1.807, 2.05) is 0 Å². The molecular weight excluding hydrogens is 505 g/mol. The fraction of sp³-hybridized carbons (Fsp3) is 0.593. The quantitative estimate of drug-likeness (QED) is 0.0602. The number of aliphatic hydroxyl groups is 1. The van der Waals surface area contributed by atoms with Crippen molar-refractivity contribution >= 4 is 29.5 Å². The first kappa shape index (κ1) is 36.7. The zero-order valence-corrected chi connectivity index (χ0v) is 22.4. The van der Waals surface area contributed by atoms with Crippen molar-refractivity contribution < 1.29 is 39.3 Å². The lowest BCUT2D eigenvalue weighted by Gasteiger charge is -2.08. The van der Waals surface area contributed by atoms with Gasteiger partial charge in [0.05, 0.1) is 6.10 Å². The van der Waals surface area contributed by atoms with Crippen molar-refractivity contribution in [2.75, 3.05) is 0 Å². The zero-order chi connectivity index (χ0) is 28.5. The van der Waals surface area contributed by atoms with Gasteiger partial charge in [0.25, 0.3) is 0 Å². The highest BCUT2D eigenvalue weighted by Gasteiger charge is 2.29. The Hall–Kier alpha value is -2.49. The Morgan fingerprint density at radius 3 is 2.03 bits per heavy atom. The normalized spacial score (nSPS) is 11.3. The van der Waals surface area contributed by atoms with Gasteiger partial charge in [-0.15, -0.1) is 4.48 Å². The fourth-order valence-corrected chi connectivity index (χ4v) is 3.69. The summed E-state index contributed by atoms with van der Waals surface area (Å²) in [5, 5.41) is 35.8. The average molecular weight is 548 g/mol. The molecule has 1 atom stereocenters. The molecule has 0 unspecified atom stereocenters. The number of allylic oxidation sites excluding steroid dienone is 1. The summed E-state index contributed by atoms with van der Waals surface area (Å²) in [4.78, 5) is 31.6. The largest absolute Gasteiger partial charge is 0.481 e. The highest BCUT2D eigenvalue weighted by atomic mass is 35.5. The summed E-state index contributed by atoms with van der Waals surface area (Å²) in [6.07, 6.45) is 17.4. The third-order valence-electron chi connectivity index (χ3n) is 5.44. The second kappa shape index (κ2) is 25.2. The molecule has 6 N–H and O–H groups in total. The van der Waals surface area contributed by atoms with Crippen molar-refractivity contribution in [1.82, 2.24) is 0 Å². The van der Waals surface area contributed by atoms with E-state index in [4.69, 9.17) is 31.4 Å². The minimum absolute atomic E-state index is 0.0918. The van der Waals surface area contributed by atoms with Gasteiger partial charge in [-0.05, 0) is 43.7 Å². The molecular formula is C27H43ClFNO7. The maximum atomic E-state index is 10.7. The second-order valence-electron chi connectivity index (χ2n) is 8.54. The summed E-state index contributed by atoms with van der Waals surface area (Å²) in [6.45, 7) is 2.20. The molecule has 0 aliphatic carbocycles. The van der Waals surface area contributed by atoms with Gasteiger partial charge in [-0.1, -0.05) is 93.8 Å². The maximum Gasteiger partial charge on any atom is 0.322 e. The van der Waals surface area contributed by atoms with Gasteiger partial charge >= 0.3 is 17.9 Å². The molecule has 0 spiro atoms. The van der Waals surface area contributed by atoms with Crippen LogP contribution in [0.2, 0.25) is 5.02 Å². The monoisotopic (exact) mass is 547 g/mol. The van der Waals surface area contributed by atoms with Gasteiger partial charge in [0.2, 0.25) is 0 Å². The number of unbranched alkanes of at least 4 members (excludes halogenated alkanes) is 8. The van der Waals surface area contributed by atoms with E-state index in [1.165, 1.54) is 37.8 Å². The van der Waals surface area contributed by atoms with E-state index < -0.39 is 23.8 Å². The third kappa shape index (κ3) is 21.3. The maximum absolute atomic E-state index is 10.7. The standard InChI is InChI=1S/C18H34O3.C9H7ClO4.FH2N/c1-2-3-4-11-14-17(19)15-12-9-7-5-6-8-10-13-16-18(20)21;10-6-4-2-1-3-5(6)7(8(11)12)9(13)14;1-2/h9,12,17,19H,2-8,10-11,13-16H2,1H3,(H,20,21);1-4,7H,(H,11,12)(H,13,14);2H2/b12-9-;;/t17-;;/m1../s1. The van der Waals surface area contributed by atoms with Gasteiger partial charge in [0.15, 0.2) is 5.92 Å². The number of hydrogen-bond donors (Lipinski definition) is 5. The number of rotatable bonds is 18. The lowest BCUT2D eigenvalue weighted by molar-refractivity contribution is -0.150. The van der Waals surface area contributed by atoms with Gasteiger partial charge in [0, 0.05) is 11.4 Å². The molecule has 0 aromatic heterocycles. The third-order valence-corrected chi connectivity index (χ3v) is 5.78. The first-order chi connectivity index (χ1) is 17.7. The lowest BCUT2D eigenvalue weighted by Crippen LogP contribution is -2.21. The predicted molar refractivity (Wildman–Crippen MR) is 143 cm³/mol. The molecule has 8 nitrogen and oxygen atoms in total. The SMILES string of the molecule is CCCCCC[C@@H](O)C/C=C\CCCCCCCC(=O)O.NF.O=C(O)C(C(=O)O)c1ccccc1Cl. The Balaban J connectivity index is 0. The van der Waals surface area contributed by atoms with Crippen LogP contribution in [0.15, 0.2) is 36.4 Å². The van der Waals surface area contributed by atoms with Crippen LogP contribution in [0.3, 0.4) is 0 Å². The van der Waals surface area contributed by atoms with Crippen LogP contribution in [0.25, 0.3) is 0 Å². The van der Waals surface area contributed by atoms with Crippen molar-refractivity contribution in [3.05, 3.63) is 47.0 Å². The molecule has 0 fully saturated rings. The molecule has 1 aromatic rings. The van der Waals surface area contributed by atoms with Crippen molar-refractivity contribution in [2.45, 2.75) is 102 Å². The first-order valence-corrected chi connectivity index (χ1v) is 13.0.